The number of H-pyrrole nitrogens is 1. The van der Waals surface area contributed by atoms with E-state index in [-0.39, 0.29) is 28.7 Å². The Kier molecular flexibility index (Phi) is 7.18. The maximum Gasteiger partial charge on any atom is 0.313 e. The maximum absolute atomic E-state index is 13.4. The lowest BCUT2D eigenvalue weighted by molar-refractivity contribution is -0.146. The van der Waals surface area contributed by atoms with E-state index < -0.39 is 17.4 Å². The molecule has 210 valence electrons. The second kappa shape index (κ2) is 10.8. The molecular weight excluding hydrogens is 528 g/mol. The molecule has 3 aromatic heterocycles. The first kappa shape index (κ1) is 26.6. The molecule has 2 N–H and O–H groups in total. The van der Waals surface area contributed by atoms with Crippen molar-refractivity contribution in [2.24, 2.45) is 17.8 Å². The van der Waals surface area contributed by atoms with Gasteiger partial charge in [-0.2, -0.15) is 5.16 Å². The zero-order valence-corrected chi connectivity index (χ0v) is 23.8. The van der Waals surface area contributed by atoms with Gasteiger partial charge in [0.1, 0.15) is 5.39 Å². The van der Waals surface area contributed by atoms with Crippen molar-refractivity contribution in [1.29, 1.82) is 0 Å². The number of hydrogen-bond acceptors (Lipinski definition) is 8. The Balaban J connectivity index is 1.20. The molecule has 4 atom stereocenters. The minimum atomic E-state index is -0.760. The molecule has 0 bridgehead atoms. The first-order valence-corrected chi connectivity index (χ1v) is 14.7. The van der Waals surface area contributed by atoms with E-state index >= 15 is 0 Å². The molecule has 11 heteroatoms. The molecule has 6 rings (SSSR count). The third kappa shape index (κ3) is 5.27. The number of pyridine rings is 1. The van der Waals surface area contributed by atoms with E-state index in [2.05, 4.69) is 59.5 Å². The molecule has 2 aliphatic heterocycles. The van der Waals surface area contributed by atoms with Crippen molar-refractivity contribution in [2.45, 2.75) is 45.6 Å². The third-order valence-electron chi connectivity index (χ3n) is 8.43. The van der Waals surface area contributed by atoms with Crippen LogP contribution in [0.2, 0.25) is 0 Å². The molecule has 40 heavy (non-hydrogen) atoms. The third-order valence-corrected chi connectivity index (χ3v) is 9.49. The fourth-order valence-corrected chi connectivity index (χ4v) is 7.21. The number of nitrogens with one attached hydrogen (secondary N) is 2. The lowest BCUT2D eigenvalue weighted by Crippen LogP contribution is -2.46. The minimum absolute atomic E-state index is 0.140. The van der Waals surface area contributed by atoms with Gasteiger partial charge >= 0.3 is 11.8 Å². The summed E-state index contributed by atoms with van der Waals surface area (Å²) in [5.41, 5.74) is 1.91. The molecule has 5 heterocycles. The summed E-state index contributed by atoms with van der Waals surface area (Å²) < 4.78 is 6.11. The minimum Gasteiger partial charge on any atom is -0.358 e. The molecule has 2 saturated heterocycles. The molecule has 1 aromatic carbocycles. The number of likely N-dealkylation sites (tertiary alicyclic amines) is 2. The highest BCUT2D eigenvalue weighted by Gasteiger charge is 2.35. The number of rotatable bonds is 4. The molecule has 2 fully saturated rings. The van der Waals surface area contributed by atoms with Gasteiger partial charge in [-0.05, 0) is 74.4 Å². The second-order valence-corrected chi connectivity index (χ2v) is 12.7. The number of amides is 2. The molecule has 10 nitrogen and oxygen atoms in total. The zero-order valence-electron chi connectivity index (χ0n) is 23.0. The molecule has 0 spiro atoms. The Morgan fingerprint density at radius 1 is 1.18 bits per heavy atom. The van der Waals surface area contributed by atoms with E-state index in [1.165, 1.54) is 23.7 Å². The van der Waals surface area contributed by atoms with Gasteiger partial charge in [0, 0.05) is 19.5 Å². The van der Waals surface area contributed by atoms with Gasteiger partial charge in [0.25, 0.3) is 11.3 Å². The molecule has 0 aliphatic carbocycles. The topological polar surface area (TPSA) is 124 Å². The molecule has 0 radical (unpaired) electrons. The van der Waals surface area contributed by atoms with Crippen LogP contribution in [0, 0.1) is 17.8 Å². The van der Waals surface area contributed by atoms with Crippen molar-refractivity contribution < 1.29 is 14.1 Å². The van der Waals surface area contributed by atoms with Crippen molar-refractivity contribution >= 4 is 50.2 Å². The Morgan fingerprint density at radius 3 is 2.85 bits per heavy atom. The van der Waals surface area contributed by atoms with Crippen LogP contribution < -0.4 is 10.9 Å². The standard InChI is InChI=1S/C29H34N6O4S/c1-16-4-6-23(35(14-16)29(38)27(37)31-20-12-21-26(36)33-39-28(21)30-13-20)19-5-7-24-22(10-19)32-25(40-24)11-18-8-9-34(3)15-17(18)2/h5,7,10,12-13,16-18,23H,4,6,8-9,11,14-15H2,1-3H3,(H,31,37)(H,33,36)/t16-,17?,18?,23+/m0/s1. The number of hydrogen-bond donors (Lipinski definition) is 2. The number of anilines is 1. The number of aromatic nitrogens is 3. The van der Waals surface area contributed by atoms with E-state index in [0.29, 0.717) is 18.4 Å². The van der Waals surface area contributed by atoms with Crippen LogP contribution in [-0.2, 0) is 16.0 Å². The van der Waals surface area contributed by atoms with Crippen LogP contribution in [0.4, 0.5) is 5.69 Å². The number of piperidine rings is 2. The Hall–Kier alpha value is -3.57. The van der Waals surface area contributed by atoms with Gasteiger partial charge in [-0.1, -0.05) is 19.9 Å². The molecule has 2 aliphatic rings. The number of benzene rings is 1. The van der Waals surface area contributed by atoms with Gasteiger partial charge < -0.3 is 19.6 Å². The first-order valence-electron chi connectivity index (χ1n) is 13.9. The van der Waals surface area contributed by atoms with Crippen molar-refractivity contribution in [2.75, 3.05) is 32.0 Å². The zero-order chi connectivity index (χ0) is 28.0. The summed E-state index contributed by atoms with van der Waals surface area (Å²) in [6.45, 7) is 7.18. The lowest BCUT2D eigenvalue weighted by Gasteiger charge is -2.38. The van der Waals surface area contributed by atoms with Crippen molar-refractivity contribution in [1.82, 2.24) is 24.9 Å². The summed E-state index contributed by atoms with van der Waals surface area (Å²) in [7, 11) is 2.19. The van der Waals surface area contributed by atoms with Gasteiger partial charge in [-0.25, -0.2) is 9.97 Å². The monoisotopic (exact) mass is 562 g/mol. The summed E-state index contributed by atoms with van der Waals surface area (Å²) in [5.74, 6) is 0.207. The largest absolute Gasteiger partial charge is 0.358 e. The normalized spacial score (nSPS) is 24.0. The van der Waals surface area contributed by atoms with E-state index in [0.717, 1.165) is 48.1 Å². The summed E-state index contributed by atoms with van der Waals surface area (Å²) in [5, 5.41) is 6.19. The summed E-state index contributed by atoms with van der Waals surface area (Å²) in [6, 6.07) is 7.51. The molecule has 0 saturated carbocycles. The van der Waals surface area contributed by atoms with Gasteiger partial charge in [-0.3, -0.25) is 14.4 Å². The Morgan fingerprint density at radius 2 is 2.02 bits per heavy atom. The van der Waals surface area contributed by atoms with Gasteiger partial charge in [-0.15, -0.1) is 11.3 Å². The Bertz CT molecular complexity index is 1630. The van der Waals surface area contributed by atoms with Crippen LogP contribution in [0.3, 0.4) is 0 Å². The van der Waals surface area contributed by atoms with Gasteiger partial charge in [0.2, 0.25) is 0 Å². The first-order chi connectivity index (χ1) is 19.2. The highest BCUT2D eigenvalue weighted by Crippen LogP contribution is 2.36. The van der Waals surface area contributed by atoms with E-state index in [1.807, 2.05) is 0 Å². The van der Waals surface area contributed by atoms with Crippen molar-refractivity contribution in [3.63, 3.8) is 0 Å². The van der Waals surface area contributed by atoms with E-state index in [4.69, 9.17) is 9.51 Å². The quantitative estimate of drug-likeness (QED) is 0.357. The number of fused-ring (bicyclic) bond motifs is 2. The van der Waals surface area contributed by atoms with Crippen molar-refractivity contribution in [3.8, 4) is 0 Å². The SMILES string of the molecule is CC1CN(C)CCC1Cc1nc2cc([C@H]3CC[C@H](C)CN3C(=O)C(=O)Nc3cnc4o[nH]c(=O)c4c3)ccc2s1. The highest BCUT2D eigenvalue weighted by molar-refractivity contribution is 7.18. The smallest absolute Gasteiger partial charge is 0.313 e. The Labute approximate surface area is 235 Å². The van der Waals surface area contributed by atoms with E-state index in [9.17, 15) is 14.4 Å². The average Bonchev–Trinajstić information content (AvgIpc) is 3.51. The van der Waals surface area contributed by atoms with Crippen LogP contribution >= 0.6 is 11.3 Å². The van der Waals surface area contributed by atoms with Crippen LogP contribution in [0.1, 0.15) is 49.7 Å². The summed E-state index contributed by atoms with van der Waals surface area (Å²) in [4.78, 5) is 51.5. The van der Waals surface area contributed by atoms with E-state index in [1.54, 1.807) is 16.2 Å². The summed E-state index contributed by atoms with van der Waals surface area (Å²) >= 11 is 1.76. The lowest BCUT2D eigenvalue weighted by atomic mass is 9.85. The van der Waals surface area contributed by atoms with Crippen LogP contribution in [-0.4, -0.2) is 63.4 Å². The molecule has 4 aromatic rings. The fraction of sp³-hybridized carbons (Fsp3) is 0.483. The average molecular weight is 563 g/mol. The highest BCUT2D eigenvalue weighted by atomic mass is 32.1. The molecular formula is C29H34N6O4S. The molecule has 2 amide bonds. The fourth-order valence-electron chi connectivity index (χ4n) is 6.17. The maximum atomic E-state index is 13.4. The van der Waals surface area contributed by atoms with Crippen molar-refractivity contribution in [3.05, 3.63) is 51.4 Å². The van der Waals surface area contributed by atoms with Crippen LogP contribution in [0.5, 0.6) is 0 Å². The van der Waals surface area contributed by atoms with Crippen LogP contribution in [0.25, 0.3) is 21.3 Å². The number of carbonyl (C=O) groups is 2. The summed E-state index contributed by atoms with van der Waals surface area (Å²) in [6.07, 6.45) is 5.30. The second-order valence-electron chi connectivity index (χ2n) is 11.5. The predicted octanol–water partition coefficient (Wildman–Crippen LogP) is 4.19. The van der Waals surface area contributed by atoms with Crippen LogP contribution in [0.15, 0.2) is 39.8 Å². The van der Waals surface area contributed by atoms with Gasteiger partial charge in [0.05, 0.1) is 33.2 Å². The number of carbonyl (C=O) groups excluding carboxylic acids is 2. The van der Waals surface area contributed by atoms with Gasteiger partial charge in [0.15, 0.2) is 0 Å². The number of aromatic amines is 1. The number of nitrogens with zero attached hydrogens (tertiary/aromatic N) is 4. The number of thiazole rings is 1. The molecule has 2 unspecified atom stereocenters. The predicted molar refractivity (Wildman–Crippen MR) is 154 cm³/mol.